The maximum Gasteiger partial charge on any atom is 0.109 e. The molecule has 0 bridgehead atoms. The highest BCUT2D eigenvalue weighted by molar-refractivity contribution is 7.15. The van der Waals surface area contributed by atoms with E-state index in [0.717, 1.165) is 16.6 Å². The van der Waals surface area contributed by atoms with Crippen LogP contribution < -0.4 is 5.32 Å². The Morgan fingerprint density at radius 3 is 3.11 bits per heavy atom. The van der Waals surface area contributed by atoms with Crippen molar-refractivity contribution < 1.29 is 1.43 Å². The second kappa shape index (κ2) is 2.82. The van der Waals surface area contributed by atoms with E-state index >= 15 is 0 Å². The minimum atomic E-state index is 0. The number of thiazole rings is 1. The SMILES string of the molecule is CCNc1cnc(C)s1.[HH]. The first kappa shape index (κ1) is 6.55. The van der Waals surface area contributed by atoms with Crippen LogP contribution in [0.2, 0.25) is 0 Å². The van der Waals surface area contributed by atoms with Gasteiger partial charge in [0.1, 0.15) is 5.00 Å². The number of aryl methyl sites for hydroxylation is 1. The van der Waals surface area contributed by atoms with Crippen LogP contribution in [0.4, 0.5) is 5.00 Å². The monoisotopic (exact) mass is 144 g/mol. The van der Waals surface area contributed by atoms with Crippen LogP contribution in [0.15, 0.2) is 6.20 Å². The summed E-state index contributed by atoms with van der Waals surface area (Å²) >= 11 is 1.69. The predicted molar refractivity (Wildman–Crippen MR) is 43.1 cm³/mol. The quantitative estimate of drug-likeness (QED) is 0.687. The maximum atomic E-state index is 4.09. The minimum Gasteiger partial charge on any atom is -0.376 e. The minimum absolute atomic E-state index is 0. The van der Waals surface area contributed by atoms with Crippen molar-refractivity contribution in [1.82, 2.24) is 4.98 Å². The number of hydrogen-bond acceptors (Lipinski definition) is 3. The highest BCUT2D eigenvalue weighted by Gasteiger charge is 1.92. The lowest BCUT2D eigenvalue weighted by Crippen LogP contribution is -1.92. The highest BCUT2D eigenvalue weighted by Crippen LogP contribution is 2.16. The summed E-state index contributed by atoms with van der Waals surface area (Å²) in [6.07, 6.45) is 1.86. The van der Waals surface area contributed by atoms with Crippen molar-refractivity contribution in [3.8, 4) is 0 Å². The number of hydrogen-bond donors (Lipinski definition) is 1. The molecule has 0 aromatic carbocycles. The lowest BCUT2D eigenvalue weighted by molar-refractivity contribution is 1.21. The molecule has 0 aliphatic rings. The van der Waals surface area contributed by atoms with Gasteiger partial charge in [-0.25, -0.2) is 4.98 Å². The van der Waals surface area contributed by atoms with E-state index in [9.17, 15) is 0 Å². The molecule has 0 radical (unpaired) electrons. The summed E-state index contributed by atoms with van der Waals surface area (Å²) in [5, 5.41) is 5.46. The van der Waals surface area contributed by atoms with Crippen LogP contribution in [0.3, 0.4) is 0 Å². The molecular formula is C6H12N2S. The Hall–Kier alpha value is -0.570. The van der Waals surface area contributed by atoms with Crippen molar-refractivity contribution in [3.63, 3.8) is 0 Å². The van der Waals surface area contributed by atoms with Gasteiger partial charge < -0.3 is 5.32 Å². The molecule has 9 heavy (non-hydrogen) atoms. The van der Waals surface area contributed by atoms with Crippen LogP contribution in [-0.2, 0) is 0 Å². The molecule has 1 N–H and O–H groups in total. The largest absolute Gasteiger partial charge is 0.376 e. The third kappa shape index (κ3) is 1.68. The first-order valence-corrected chi connectivity index (χ1v) is 3.81. The Morgan fingerprint density at radius 2 is 2.67 bits per heavy atom. The van der Waals surface area contributed by atoms with Gasteiger partial charge in [-0.2, -0.15) is 0 Å². The van der Waals surface area contributed by atoms with Gasteiger partial charge in [0, 0.05) is 7.97 Å². The zero-order valence-electron chi connectivity index (χ0n) is 5.64. The van der Waals surface area contributed by atoms with Crippen molar-refractivity contribution in [2.24, 2.45) is 0 Å². The van der Waals surface area contributed by atoms with Crippen molar-refractivity contribution in [3.05, 3.63) is 11.2 Å². The zero-order chi connectivity index (χ0) is 6.69. The zero-order valence-corrected chi connectivity index (χ0v) is 6.46. The Kier molecular flexibility index (Phi) is 2.05. The van der Waals surface area contributed by atoms with Crippen molar-refractivity contribution in [1.29, 1.82) is 0 Å². The molecule has 2 nitrogen and oxygen atoms in total. The molecule has 0 atom stereocenters. The molecule has 0 fully saturated rings. The molecule has 0 spiro atoms. The van der Waals surface area contributed by atoms with Gasteiger partial charge in [-0.1, -0.05) is 0 Å². The van der Waals surface area contributed by atoms with Gasteiger partial charge in [-0.3, -0.25) is 0 Å². The molecule has 0 unspecified atom stereocenters. The van der Waals surface area contributed by atoms with E-state index in [-0.39, 0.29) is 1.43 Å². The van der Waals surface area contributed by atoms with Crippen molar-refractivity contribution in [2.75, 3.05) is 11.9 Å². The van der Waals surface area contributed by atoms with Gasteiger partial charge in [0.25, 0.3) is 0 Å². The molecule has 0 aliphatic heterocycles. The van der Waals surface area contributed by atoms with Crippen LogP contribution in [0.25, 0.3) is 0 Å². The second-order valence-corrected chi connectivity index (χ2v) is 3.01. The van der Waals surface area contributed by atoms with Crippen LogP contribution in [0.1, 0.15) is 13.4 Å². The highest BCUT2D eigenvalue weighted by atomic mass is 32.1. The standard InChI is InChI=1S/C6H10N2S.H2/c1-3-7-6-4-8-5(2)9-6;/h4,7H,3H2,1-2H3;1H. The van der Waals surface area contributed by atoms with Crippen LogP contribution in [0, 0.1) is 6.92 Å². The normalized spacial score (nSPS) is 9.56. The van der Waals surface area contributed by atoms with E-state index in [1.165, 1.54) is 0 Å². The second-order valence-electron chi connectivity index (χ2n) is 1.77. The summed E-state index contributed by atoms with van der Waals surface area (Å²) in [6, 6.07) is 0. The summed E-state index contributed by atoms with van der Waals surface area (Å²) in [7, 11) is 0. The third-order valence-corrected chi connectivity index (χ3v) is 1.84. The van der Waals surface area contributed by atoms with E-state index in [4.69, 9.17) is 0 Å². The Labute approximate surface area is 60.4 Å². The van der Waals surface area contributed by atoms with Crippen LogP contribution >= 0.6 is 11.3 Å². The first-order chi connectivity index (χ1) is 4.33. The Bertz CT molecular complexity index is 188. The molecule has 3 heteroatoms. The van der Waals surface area contributed by atoms with Crippen molar-refractivity contribution >= 4 is 16.3 Å². The summed E-state index contributed by atoms with van der Waals surface area (Å²) in [6.45, 7) is 5.06. The molecule has 1 aromatic heterocycles. The van der Waals surface area contributed by atoms with Gasteiger partial charge in [-0.05, 0) is 13.8 Å². The van der Waals surface area contributed by atoms with Gasteiger partial charge >= 0.3 is 0 Å². The number of rotatable bonds is 2. The van der Waals surface area contributed by atoms with Crippen LogP contribution in [0.5, 0.6) is 0 Å². The lowest BCUT2D eigenvalue weighted by Gasteiger charge is -1.92. The Morgan fingerprint density at radius 1 is 1.89 bits per heavy atom. The summed E-state index contributed by atoms with van der Waals surface area (Å²) in [5.74, 6) is 0. The van der Waals surface area contributed by atoms with Gasteiger partial charge in [0.15, 0.2) is 0 Å². The first-order valence-electron chi connectivity index (χ1n) is 2.99. The number of nitrogens with one attached hydrogen (secondary N) is 1. The smallest absolute Gasteiger partial charge is 0.109 e. The molecule has 0 saturated heterocycles. The predicted octanol–water partition coefficient (Wildman–Crippen LogP) is 2.13. The topological polar surface area (TPSA) is 24.9 Å². The third-order valence-electron chi connectivity index (χ3n) is 0.972. The molecule has 1 rings (SSSR count). The number of aromatic nitrogens is 1. The number of anilines is 1. The summed E-state index contributed by atoms with van der Waals surface area (Å²) in [4.78, 5) is 4.09. The molecule has 52 valence electrons. The fourth-order valence-corrected chi connectivity index (χ4v) is 1.36. The average Bonchev–Trinajstić information content (AvgIpc) is 2.17. The summed E-state index contributed by atoms with van der Waals surface area (Å²) < 4.78 is 0. The fraction of sp³-hybridized carbons (Fsp3) is 0.500. The molecule has 1 aromatic rings. The van der Waals surface area contributed by atoms with Gasteiger partial charge in [-0.15, -0.1) is 11.3 Å². The van der Waals surface area contributed by atoms with E-state index in [1.807, 2.05) is 13.1 Å². The van der Waals surface area contributed by atoms with E-state index in [2.05, 4.69) is 17.2 Å². The molecule has 0 aliphatic carbocycles. The fourth-order valence-electron chi connectivity index (χ4n) is 0.617. The van der Waals surface area contributed by atoms with Gasteiger partial charge in [0.2, 0.25) is 0 Å². The van der Waals surface area contributed by atoms with Gasteiger partial charge in [0.05, 0.1) is 11.2 Å². The van der Waals surface area contributed by atoms with Crippen molar-refractivity contribution in [2.45, 2.75) is 13.8 Å². The summed E-state index contributed by atoms with van der Waals surface area (Å²) in [5.41, 5.74) is 0. The molecule has 0 saturated carbocycles. The molecule has 1 heterocycles. The molecular weight excluding hydrogens is 132 g/mol. The maximum absolute atomic E-state index is 4.09. The Balaban J connectivity index is 0.000000810. The lowest BCUT2D eigenvalue weighted by atomic mass is 10.7. The van der Waals surface area contributed by atoms with Crippen LogP contribution in [-0.4, -0.2) is 11.5 Å². The molecule has 0 amide bonds. The van der Waals surface area contributed by atoms with E-state index in [1.54, 1.807) is 11.3 Å². The van der Waals surface area contributed by atoms with E-state index < -0.39 is 0 Å². The number of nitrogens with zero attached hydrogens (tertiary/aromatic N) is 1. The van der Waals surface area contributed by atoms with E-state index in [0.29, 0.717) is 0 Å². The average molecular weight is 144 g/mol.